The Morgan fingerprint density at radius 1 is 1.02 bits per heavy atom. The summed E-state index contributed by atoms with van der Waals surface area (Å²) < 4.78 is 0. The second-order valence-corrected chi connectivity index (χ2v) is 8.61. The summed E-state index contributed by atoms with van der Waals surface area (Å²) in [5.41, 5.74) is 9.86. The Balaban J connectivity index is 0.000000740. The molecule has 220 valence electrons. The van der Waals surface area contributed by atoms with Crippen molar-refractivity contribution in [1.82, 2.24) is 20.5 Å². The number of amides is 4. The van der Waals surface area contributed by atoms with Gasteiger partial charge in [0.2, 0.25) is 0 Å². The van der Waals surface area contributed by atoms with Gasteiger partial charge in [-0.3, -0.25) is 14.5 Å². The number of rotatable bonds is 9. The summed E-state index contributed by atoms with van der Waals surface area (Å²) in [7, 11) is 1.54. The highest BCUT2D eigenvalue weighted by atomic mass is 16.4. The molecule has 2 aromatic carbocycles. The summed E-state index contributed by atoms with van der Waals surface area (Å²) in [6.07, 6.45) is 4.22. The number of carbonyl (C=O) groups excluding carboxylic acids is 3. The van der Waals surface area contributed by atoms with Crippen molar-refractivity contribution in [3.63, 3.8) is 0 Å². The summed E-state index contributed by atoms with van der Waals surface area (Å²) in [5, 5.41) is 22.1. The lowest BCUT2D eigenvalue weighted by Crippen LogP contribution is -2.33. The van der Waals surface area contributed by atoms with Crippen LogP contribution in [0.5, 0.6) is 0 Å². The highest BCUT2D eigenvalue weighted by Crippen LogP contribution is 2.23. The summed E-state index contributed by atoms with van der Waals surface area (Å²) in [6, 6.07) is 11.8. The van der Waals surface area contributed by atoms with Crippen molar-refractivity contribution in [3.8, 4) is 0 Å². The van der Waals surface area contributed by atoms with E-state index in [4.69, 9.17) is 15.9 Å². The van der Waals surface area contributed by atoms with E-state index in [1.807, 2.05) is 24.4 Å². The van der Waals surface area contributed by atoms with Crippen LogP contribution in [0.4, 0.5) is 4.79 Å². The average Bonchev–Trinajstić information content (AvgIpc) is 3.43. The molecule has 14 heteroatoms. The lowest BCUT2D eigenvalue weighted by Gasteiger charge is -2.15. The number of hydrogen-bond donors (Lipinski definition) is 6. The van der Waals surface area contributed by atoms with E-state index in [2.05, 4.69) is 15.6 Å². The lowest BCUT2D eigenvalue weighted by molar-refractivity contribution is -0.134. The van der Waals surface area contributed by atoms with Crippen molar-refractivity contribution >= 4 is 40.7 Å². The van der Waals surface area contributed by atoms with Crippen molar-refractivity contribution < 1.29 is 45.1 Å². The maximum atomic E-state index is 13.0. The van der Waals surface area contributed by atoms with Gasteiger partial charge in [-0.2, -0.15) is 0 Å². The number of nitrogens with zero attached hydrogens (tertiary/aromatic N) is 1. The quantitative estimate of drug-likeness (QED) is 0.147. The number of imide groups is 1. The number of nitrogens with one attached hydrogen (secondary N) is 3. The number of hydrogen-bond acceptors (Lipinski definition) is 6. The number of fused-ring (bicyclic) bond motifs is 1. The Bertz CT molecular complexity index is 1420. The molecule has 41 heavy (non-hydrogen) atoms. The van der Waals surface area contributed by atoms with Crippen LogP contribution in [0, 0.1) is 0 Å². The van der Waals surface area contributed by atoms with E-state index in [0.717, 1.165) is 28.5 Å². The molecule has 4 rings (SSSR count). The van der Waals surface area contributed by atoms with E-state index >= 15 is 0 Å². The zero-order valence-corrected chi connectivity index (χ0v) is 22.1. The number of aromatic amines is 1. The summed E-state index contributed by atoms with van der Waals surface area (Å²) in [6.45, 7) is 0.600. The molecule has 1 atom stereocenters. The molecule has 0 saturated carbocycles. The molecule has 2 heterocycles. The van der Waals surface area contributed by atoms with Gasteiger partial charge in [-0.05, 0) is 47.9 Å². The number of aliphatic carboxylic acids is 2. The molecule has 0 bridgehead atoms. The average molecular weight is 572 g/mol. The third-order valence-corrected chi connectivity index (χ3v) is 5.98. The van der Waals surface area contributed by atoms with Gasteiger partial charge in [0, 0.05) is 48.3 Å². The first kappa shape index (κ1) is 34.0. The van der Waals surface area contributed by atoms with Crippen LogP contribution < -0.4 is 16.4 Å². The van der Waals surface area contributed by atoms with Crippen LogP contribution in [0.1, 0.15) is 27.0 Å². The van der Waals surface area contributed by atoms with Crippen LogP contribution in [-0.4, -0.2) is 80.5 Å². The number of aromatic nitrogens is 1. The standard InChI is InChI=1S/C23H25N5O3.C4H4O4.2H2O/c1-25-21(29)17-5-3-2-4-16(17)13-28-22(30)20(27-23(28)31)11-14-6-7-19-18(10-14)15(8-9-24)12-26-19;5-3(6)1-2-4(7)8;;/h2-7,10,12,20,26H,8-9,11,13,24H2,1H3,(H,25,29)(H,27,31);1-2H,(H,5,6)(H,7,8);2*1H2/b;2-1-;;. The smallest absolute Gasteiger partial charge is 0.328 e. The fourth-order valence-electron chi connectivity index (χ4n) is 4.14. The van der Waals surface area contributed by atoms with E-state index in [-0.39, 0.29) is 29.3 Å². The van der Waals surface area contributed by atoms with Crippen molar-refractivity contribution in [2.24, 2.45) is 5.73 Å². The Labute approximate surface area is 234 Å². The van der Waals surface area contributed by atoms with Crippen molar-refractivity contribution in [1.29, 1.82) is 0 Å². The molecule has 14 nitrogen and oxygen atoms in total. The fraction of sp³-hybridized carbons (Fsp3) is 0.222. The van der Waals surface area contributed by atoms with Gasteiger partial charge in [-0.15, -0.1) is 0 Å². The number of carboxylic acid groups (broad SMARTS) is 2. The van der Waals surface area contributed by atoms with E-state index in [9.17, 15) is 24.0 Å². The Morgan fingerprint density at radius 3 is 2.29 bits per heavy atom. The van der Waals surface area contributed by atoms with Crippen LogP contribution >= 0.6 is 0 Å². The molecular formula is C27H33N5O9. The first-order chi connectivity index (χ1) is 18.6. The minimum Gasteiger partial charge on any atom is -0.478 e. The third kappa shape index (κ3) is 8.72. The number of H-pyrrole nitrogens is 1. The monoisotopic (exact) mass is 571 g/mol. The normalized spacial score (nSPS) is 14.0. The van der Waals surface area contributed by atoms with Crippen LogP contribution in [0.2, 0.25) is 0 Å². The molecular weight excluding hydrogens is 538 g/mol. The highest BCUT2D eigenvalue weighted by Gasteiger charge is 2.38. The number of carbonyl (C=O) groups is 5. The number of carboxylic acids is 2. The second-order valence-electron chi connectivity index (χ2n) is 8.61. The van der Waals surface area contributed by atoms with Gasteiger partial charge in [0.15, 0.2) is 0 Å². The maximum absolute atomic E-state index is 13.0. The van der Waals surface area contributed by atoms with Crippen LogP contribution in [-0.2, 0) is 33.8 Å². The molecule has 11 N–H and O–H groups in total. The van der Waals surface area contributed by atoms with E-state index < -0.39 is 24.0 Å². The molecule has 1 unspecified atom stereocenters. The van der Waals surface area contributed by atoms with Gasteiger partial charge < -0.3 is 42.5 Å². The van der Waals surface area contributed by atoms with Crippen molar-refractivity contribution in [3.05, 3.63) is 83.1 Å². The molecule has 1 aliphatic rings. The third-order valence-electron chi connectivity index (χ3n) is 5.98. The largest absolute Gasteiger partial charge is 0.478 e. The maximum Gasteiger partial charge on any atom is 0.328 e. The van der Waals surface area contributed by atoms with Crippen molar-refractivity contribution in [2.75, 3.05) is 13.6 Å². The predicted octanol–water partition coefficient (Wildman–Crippen LogP) is -0.246. The van der Waals surface area contributed by atoms with Crippen molar-refractivity contribution in [2.45, 2.75) is 25.4 Å². The topological polar surface area (TPSA) is 258 Å². The summed E-state index contributed by atoms with van der Waals surface area (Å²) >= 11 is 0. The molecule has 1 aliphatic heterocycles. The summed E-state index contributed by atoms with van der Waals surface area (Å²) in [5.74, 6) is -3.07. The first-order valence-corrected chi connectivity index (χ1v) is 12.0. The van der Waals surface area contributed by atoms with Gasteiger partial charge in [0.25, 0.3) is 11.8 Å². The van der Waals surface area contributed by atoms with E-state index in [0.29, 0.717) is 36.2 Å². The molecule has 1 aromatic heterocycles. The SMILES string of the molecule is CNC(=O)c1ccccc1CN1C(=O)NC(Cc2ccc3[nH]cc(CCN)c3c2)C1=O.O.O.O=C(O)/C=C\C(=O)O. The van der Waals surface area contributed by atoms with Gasteiger partial charge in [-0.1, -0.05) is 24.3 Å². The van der Waals surface area contributed by atoms with Gasteiger partial charge >= 0.3 is 18.0 Å². The Morgan fingerprint density at radius 2 is 1.68 bits per heavy atom. The number of urea groups is 1. The van der Waals surface area contributed by atoms with Crippen LogP contribution in [0.15, 0.2) is 60.8 Å². The molecule has 3 aromatic rings. The first-order valence-electron chi connectivity index (χ1n) is 12.0. The zero-order valence-electron chi connectivity index (χ0n) is 22.1. The minimum absolute atomic E-state index is 0. The second kappa shape index (κ2) is 15.5. The summed E-state index contributed by atoms with van der Waals surface area (Å²) in [4.78, 5) is 61.1. The van der Waals surface area contributed by atoms with Crippen LogP contribution in [0.25, 0.3) is 10.9 Å². The lowest BCUT2D eigenvalue weighted by atomic mass is 10.0. The Hall–Kier alpha value is -5.05. The molecule has 1 fully saturated rings. The van der Waals surface area contributed by atoms with E-state index in [1.54, 1.807) is 31.3 Å². The van der Waals surface area contributed by atoms with Crippen LogP contribution in [0.3, 0.4) is 0 Å². The minimum atomic E-state index is -1.26. The molecule has 0 aliphatic carbocycles. The van der Waals surface area contributed by atoms with Gasteiger partial charge in [0.05, 0.1) is 6.54 Å². The molecule has 0 spiro atoms. The number of nitrogens with two attached hydrogens (primary N) is 1. The van der Waals surface area contributed by atoms with Gasteiger partial charge in [0.1, 0.15) is 6.04 Å². The van der Waals surface area contributed by atoms with E-state index in [1.165, 1.54) is 4.90 Å². The van der Waals surface area contributed by atoms with Gasteiger partial charge in [-0.25, -0.2) is 14.4 Å². The molecule has 4 amide bonds. The molecule has 0 radical (unpaired) electrons. The highest BCUT2D eigenvalue weighted by molar-refractivity contribution is 6.04. The molecule has 1 saturated heterocycles. The Kier molecular flexibility index (Phi) is 12.9. The fourth-order valence-corrected chi connectivity index (χ4v) is 4.14. The number of benzene rings is 2. The zero-order chi connectivity index (χ0) is 28.5. The predicted molar refractivity (Wildman–Crippen MR) is 149 cm³/mol.